The molecule has 2 heterocycles. The number of fused-ring (bicyclic) bond motifs is 1. The van der Waals surface area contributed by atoms with Gasteiger partial charge in [-0.25, -0.2) is 4.98 Å². The fraction of sp³-hybridized carbons (Fsp3) is 0.278. The minimum Gasteiger partial charge on any atom is -0.480 e. The van der Waals surface area contributed by atoms with E-state index >= 15 is 0 Å². The Kier molecular flexibility index (Phi) is 5.03. The Morgan fingerprint density at radius 3 is 2.88 bits per heavy atom. The molecule has 1 aromatic carbocycles. The highest BCUT2D eigenvalue weighted by Gasteiger charge is 2.30. The number of aromatic nitrogens is 1. The normalized spacial score (nSPS) is 13.2. The molecule has 130 valence electrons. The van der Waals surface area contributed by atoms with Crippen LogP contribution in [-0.2, 0) is 9.59 Å². The van der Waals surface area contributed by atoms with E-state index in [4.69, 9.17) is 4.74 Å². The molecule has 1 aromatic heterocycles. The number of anilines is 2. The molecule has 0 bridgehead atoms. The van der Waals surface area contributed by atoms with Crippen molar-refractivity contribution in [1.29, 1.82) is 0 Å². The summed E-state index contributed by atoms with van der Waals surface area (Å²) < 4.78 is 5.97. The molecule has 2 aromatic rings. The Bertz CT molecular complexity index is 825. The van der Waals surface area contributed by atoms with Gasteiger partial charge in [0, 0.05) is 12.2 Å². The fourth-order valence-corrected chi connectivity index (χ4v) is 3.04. The monoisotopic (exact) mass is 403 g/mol. The molecule has 0 saturated heterocycles. The average Bonchev–Trinajstić information content (AvgIpc) is 2.58. The van der Waals surface area contributed by atoms with Gasteiger partial charge in [-0.05, 0) is 59.6 Å². The zero-order valence-electron chi connectivity index (χ0n) is 14.0. The van der Waals surface area contributed by atoms with Crippen molar-refractivity contribution >= 4 is 39.2 Å². The first-order chi connectivity index (χ1) is 12.0. The molecule has 3 rings (SSSR count). The van der Waals surface area contributed by atoms with E-state index in [9.17, 15) is 9.59 Å². The first kappa shape index (κ1) is 17.4. The number of hydrogen-bond acceptors (Lipinski definition) is 4. The van der Waals surface area contributed by atoms with Gasteiger partial charge in [0.15, 0.2) is 18.2 Å². The van der Waals surface area contributed by atoms with Gasteiger partial charge in [-0.3, -0.25) is 14.5 Å². The summed E-state index contributed by atoms with van der Waals surface area (Å²) in [6, 6.07) is 11.2. The van der Waals surface area contributed by atoms with E-state index in [-0.39, 0.29) is 25.0 Å². The van der Waals surface area contributed by atoms with Gasteiger partial charge in [0.1, 0.15) is 11.1 Å². The second-order valence-corrected chi connectivity index (χ2v) is 6.51. The number of aryl methyl sites for hydroxylation is 1. The maximum Gasteiger partial charge on any atom is 0.266 e. The zero-order valence-corrected chi connectivity index (χ0v) is 15.6. The molecule has 6 nitrogen and oxygen atoms in total. The second kappa shape index (κ2) is 7.23. The molecule has 0 radical (unpaired) electrons. The summed E-state index contributed by atoms with van der Waals surface area (Å²) in [5.74, 6) is 0.399. The van der Waals surface area contributed by atoms with E-state index in [2.05, 4.69) is 20.9 Å². The number of likely N-dealkylation sites (N-methyl/N-ethyl adjacent to an activating group) is 1. The Morgan fingerprint density at radius 2 is 2.16 bits per heavy atom. The second-order valence-electron chi connectivity index (χ2n) is 5.70. The van der Waals surface area contributed by atoms with Crippen molar-refractivity contribution in [2.24, 2.45) is 0 Å². The first-order valence-corrected chi connectivity index (χ1v) is 8.75. The van der Waals surface area contributed by atoms with Crippen molar-refractivity contribution in [2.45, 2.75) is 13.8 Å². The van der Waals surface area contributed by atoms with Gasteiger partial charge in [-0.1, -0.05) is 12.1 Å². The summed E-state index contributed by atoms with van der Waals surface area (Å²) in [5.41, 5.74) is 1.89. The molecule has 0 fully saturated rings. The number of ether oxygens (including phenoxy) is 1. The largest absolute Gasteiger partial charge is 0.480 e. The number of nitrogens with zero attached hydrogens (tertiary/aromatic N) is 3. The fourth-order valence-electron chi connectivity index (χ4n) is 2.74. The number of benzene rings is 1. The SMILES string of the molecule is CCN(C(=O)CN1C(=O)COc2ccc(Br)nc21)c1cccc(C)c1. The number of pyridine rings is 1. The van der Waals surface area contributed by atoms with Gasteiger partial charge >= 0.3 is 0 Å². The molecule has 2 amide bonds. The van der Waals surface area contributed by atoms with Gasteiger partial charge in [0.05, 0.1) is 0 Å². The van der Waals surface area contributed by atoms with Crippen LogP contribution < -0.4 is 14.5 Å². The van der Waals surface area contributed by atoms with Crippen LogP contribution in [0.5, 0.6) is 5.75 Å². The minimum atomic E-state index is -0.285. The molecule has 0 saturated carbocycles. The third-order valence-corrected chi connectivity index (χ3v) is 4.38. The zero-order chi connectivity index (χ0) is 18.0. The lowest BCUT2D eigenvalue weighted by Gasteiger charge is -2.30. The summed E-state index contributed by atoms with van der Waals surface area (Å²) >= 11 is 3.29. The average molecular weight is 404 g/mol. The highest BCUT2D eigenvalue weighted by atomic mass is 79.9. The summed E-state index contributed by atoms with van der Waals surface area (Å²) in [6.45, 7) is 4.22. The maximum atomic E-state index is 12.8. The highest BCUT2D eigenvalue weighted by molar-refractivity contribution is 9.10. The van der Waals surface area contributed by atoms with Crippen LogP contribution in [0.3, 0.4) is 0 Å². The highest BCUT2D eigenvalue weighted by Crippen LogP contribution is 2.31. The number of rotatable bonds is 4. The lowest BCUT2D eigenvalue weighted by molar-refractivity contribution is -0.124. The van der Waals surface area contributed by atoms with Crippen LogP contribution >= 0.6 is 15.9 Å². The number of hydrogen-bond donors (Lipinski definition) is 0. The smallest absolute Gasteiger partial charge is 0.266 e. The molecule has 1 aliphatic rings. The molecule has 7 heteroatoms. The summed E-state index contributed by atoms with van der Waals surface area (Å²) in [6.07, 6.45) is 0. The van der Waals surface area contributed by atoms with E-state index in [1.165, 1.54) is 4.90 Å². The van der Waals surface area contributed by atoms with Crippen molar-refractivity contribution in [3.8, 4) is 5.75 Å². The molecule has 1 aliphatic heterocycles. The summed E-state index contributed by atoms with van der Waals surface area (Å²) in [5, 5.41) is 0. The third kappa shape index (κ3) is 3.66. The first-order valence-electron chi connectivity index (χ1n) is 7.96. The lowest BCUT2D eigenvalue weighted by atomic mass is 10.2. The van der Waals surface area contributed by atoms with Gasteiger partial charge in [-0.2, -0.15) is 0 Å². The minimum absolute atomic E-state index is 0.0829. The lowest BCUT2D eigenvalue weighted by Crippen LogP contribution is -2.47. The topological polar surface area (TPSA) is 62.7 Å². The van der Waals surface area contributed by atoms with Gasteiger partial charge in [0.2, 0.25) is 5.91 Å². The predicted octanol–water partition coefficient (Wildman–Crippen LogP) is 2.93. The Morgan fingerprint density at radius 1 is 1.36 bits per heavy atom. The van der Waals surface area contributed by atoms with Crippen LogP contribution in [0.2, 0.25) is 0 Å². The van der Waals surface area contributed by atoms with E-state index < -0.39 is 0 Å². The van der Waals surface area contributed by atoms with Crippen LogP contribution in [0.1, 0.15) is 12.5 Å². The van der Waals surface area contributed by atoms with Crippen molar-refractivity contribution < 1.29 is 14.3 Å². The van der Waals surface area contributed by atoms with Crippen LogP contribution in [0.4, 0.5) is 11.5 Å². The van der Waals surface area contributed by atoms with Gasteiger partial charge in [-0.15, -0.1) is 0 Å². The van der Waals surface area contributed by atoms with E-state index in [0.29, 0.717) is 22.7 Å². The number of carbonyl (C=O) groups excluding carboxylic acids is 2. The van der Waals surface area contributed by atoms with Crippen molar-refractivity contribution in [3.05, 3.63) is 46.6 Å². The predicted molar refractivity (Wildman–Crippen MR) is 99.0 cm³/mol. The van der Waals surface area contributed by atoms with Crippen LogP contribution in [0.25, 0.3) is 0 Å². The van der Waals surface area contributed by atoms with Crippen molar-refractivity contribution in [1.82, 2.24) is 4.98 Å². The molecule has 0 N–H and O–H groups in total. The van der Waals surface area contributed by atoms with Crippen LogP contribution in [0.15, 0.2) is 41.0 Å². The standard InChI is InChI=1S/C18H18BrN3O3/c1-3-21(13-6-4-5-12(2)9-13)16(23)10-22-17(24)11-25-14-7-8-15(19)20-18(14)22/h4-9H,3,10-11H2,1-2H3. The number of halogens is 1. The molecule has 25 heavy (non-hydrogen) atoms. The quantitative estimate of drug-likeness (QED) is 0.736. The van der Waals surface area contributed by atoms with Crippen LogP contribution in [-0.4, -0.2) is 36.5 Å². The molecular weight excluding hydrogens is 386 g/mol. The third-order valence-electron chi connectivity index (χ3n) is 3.94. The van der Waals surface area contributed by atoms with Crippen molar-refractivity contribution in [2.75, 3.05) is 29.5 Å². The van der Waals surface area contributed by atoms with Crippen LogP contribution in [0, 0.1) is 6.92 Å². The molecule has 0 atom stereocenters. The van der Waals surface area contributed by atoms with Gasteiger partial charge < -0.3 is 9.64 Å². The van der Waals surface area contributed by atoms with E-state index in [1.807, 2.05) is 38.1 Å². The van der Waals surface area contributed by atoms with E-state index in [1.54, 1.807) is 17.0 Å². The Hall–Kier alpha value is -2.41. The molecule has 0 spiro atoms. The summed E-state index contributed by atoms with van der Waals surface area (Å²) in [7, 11) is 0. The number of amides is 2. The van der Waals surface area contributed by atoms with E-state index in [0.717, 1.165) is 11.3 Å². The molecular formula is C18H18BrN3O3. The molecule has 0 aliphatic carbocycles. The number of carbonyl (C=O) groups is 2. The Balaban J connectivity index is 1.87. The Labute approximate surface area is 154 Å². The summed E-state index contributed by atoms with van der Waals surface area (Å²) in [4.78, 5) is 32.5. The maximum absolute atomic E-state index is 12.8. The van der Waals surface area contributed by atoms with Gasteiger partial charge in [0.25, 0.3) is 5.91 Å². The van der Waals surface area contributed by atoms with Crippen molar-refractivity contribution in [3.63, 3.8) is 0 Å². The molecule has 0 unspecified atom stereocenters.